The van der Waals surface area contributed by atoms with Gasteiger partial charge in [0.25, 0.3) is 5.91 Å². The molecule has 4 rings (SSSR count). The van der Waals surface area contributed by atoms with Gasteiger partial charge in [0, 0.05) is 31.9 Å². The molecule has 1 aliphatic rings. The molecular weight excluding hydrogens is 374 g/mol. The van der Waals surface area contributed by atoms with Crippen LogP contribution in [-0.2, 0) is 7.05 Å². The minimum absolute atomic E-state index is 0.0922. The minimum atomic E-state index is -0.110. The van der Waals surface area contributed by atoms with Crippen molar-refractivity contribution >= 4 is 32.6 Å². The van der Waals surface area contributed by atoms with E-state index in [0.717, 1.165) is 52.7 Å². The summed E-state index contributed by atoms with van der Waals surface area (Å²) in [7, 11) is 1.85. The lowest BCUT2D eigenvalue weighted by atomic mass is 10.1. The molecule has 1 atom stereocenters. The second-order valence-corrected chi connectivity index (χ2v) is 8.12. The number of nitrogens with zero attached hydrogens (tertiary/aromatic N) is 4. The summed E-state index contributed by atoms with van der Waals surface area (Å²) >= 11 is 1.67. The van der Waals surface area contributed by atoms with Crippen molar-refractivity contribution in [1.82, 2.24) is 20.1 Å². The quantitative estimate of drug-likeness (QED) is 0.714. The zero-order valence-electron chi connectivity index (χ0n) is 16.4. The number of thiazole rings is 1. The summed E-state index contributed by atoms with van der Waals surface area (Å²) in [5, 5.41) is 8.41. The molecule has 0 saturated carbocycles. The van der Waals surface area contributed by atoms with E-state index < -0.39 is 0 Å². The summed E-state index contributed by atoms with van der Waals surface area (Å²) in [5.41, 5.74) is 2.43. The van der Waals surface area contributed by atoms with Crippen molar-refractivity contribution in [2.24, 2.45) is 7.05 Å². The molecule has 1 saturated heterocycles. The van der Waals surface area contributed by atoms with Crippen molar-refractivity contribution in [3.63, 3.8) is 0 Å². The smallest absolute Gasteiger partial charge is 0.272 e. The maximum Gasteiger partial charge on any atom is 0.272 e. The Hall–Kier alpha value is -2.61. The van der Waals surface area contributed by atoms with Gasteiger partial charge in [0.15, 0.2) is 5.13 Å². The van der Waals surface area contributed by atoms with Gasteiger partial charge in [-0.3, -0.25) is 9.48 Å². The summed E-state index contributed by atoms with van der Waals surface area (Å²) in [6, 6.07) is 7.93. The standard InChI is InChI=1S/C20H25N5O2S/c1-4-27-15-7-8-16-18(11-15)28-20(22-16)25-9-5-6-14(12-25)21-19(26)17-10-13(2)24(3)23-17/h7-8,10-11,14H,4-6,9,12H2,1-3H3,(H,21,26). The summed E-state index contributed by atoms with van der Waals surface area (Å²) in [6.45, 7) is 6.29. The molecule has 148 valence electrons. The predicted octanol–water partition coefficient (Wildman–Crippen LogP) is 3.14. The number of rotatable bonds is 5. The molecule has 0 spiro atoms. The number of carbonyl (C=O) groups excluding carboxylic acids is 1. The number of nitrogens with one attached hydrogen (secondary N) is 1. The van der Waals surface area contributed by atoms with Crippen molar-refractivity contribution < 1.29 is 9.53 Å². The Morgan fingerprint density at radius 3 is 3.00 bits per heavy atom. The summed E-state index contributed by atoms with van der Waals surface area (Å²) < 4.78 is 8.44. The van der Waals surface area contributed by atoms with Gasteiger partial charge in [-0.05, 0) is 51.0 Å². The fourth-order valence-electron chi connectivity index (χ4n) is 3.48. The van der Waals surface area contributed by atoms with Crippen LogP contribution < -0.4 is 15.0 Å². The minimum Gasteiger partial charge on any atom is -0.494 e. The third kappa shape index (κ3) is 3.82. The van der Waals surface area contributed by atoms with Crippen molar-refractivity contribution in [3.05, 3.63) is 35.7 Å². The van der Waals surface area contributed by atoms with E-state index >= 15 is 0 Å². The number of ether oxygens (including phenoxy) is 1. The molecule has 1 aromatic carbocycles. The number of aromatic nitrogens is 3. The lowest BCUT2D eigenvalue weighted by Gasteiger charge is -2.32. The summed E-state index contributed by atoms with van der Waals surface area (Å²) in [6.07, 6.45) is 1.99. The van der Waals surface area contributed by atoms with E-state index in [1.807, 2.05) is 45.2 Å². The lowest BCUT2D eigenvalue weighted by Crippen LogP contribution is -2.47. The number of amides is 1. The molecule has 3 aromatic rings. The molecular formula is C20H25N5O2S. The fourth-order valence-corrected chi connectivity index (χ4v) is 4.51. The highest BCUT2D eigenvalue weighted by molar-refractivity contribution is 7.22. The van der Waals surface area contributed by atoms with E-state index in [-0.39, 0.29) is 11.9 Å². The molecule has 0 bridgehead atoms. The van der Waals surface area contributed by atoms with Gasteiger partial charge in [0.05, 0.1) is 16.8 Å². The van der Waals surface area contributed by atoms with Gasteiger partial charge in [-0.15, -0.1) is 0 Å². The molecule has 1 N–H and O–H groups in total. The van der Waals surface area contributed by atoms with Gasteiger partial charge in [-0.1, -0.05) is 11.3 Å². The Bertz CT molecular complexity index is 976. The van der Waals surface area contributed by atoms with Crippen LogP contribution in [0.2, 0.25) is 0 Å². The van der Waals surface area contributed by atoms with Gasteiger partial charge >= 0.3 is 0 Å². The van der Waals surface area contributed by atoms with Crippen LogP contribution in [0.3, 0.4) is 0 Å². The normalized spacial score (nSPS) is 17.1. The van der Waals surface area contributed by atoms with Crippen molar-refractivity contribution in [3.8, 4) is 5.75 Å². The van der Waals surface area contributed by atoms with Crippen LogP contribution in [0.25, 0.3) is 10.2 Å². The largest absolute Gasteiger partial charge is 0.494 e. The number of hydrogen-bond donors (Lipinski definition) is 1. The van der Waals surface area contributed by atoms with Gasteiger partial charge in [0.2, 0.25) is 0 Å². The highest BCUT2D eigenvalue weighted by Crippen LogP contribution is 2.32. The first-order valence-corrected chi connectivity index (χ1v) is 10.4. The third-order valence-corrected chi connectivity index (χ3v) is 6.11. The number of benzene rings is 1. The van der Waals surface area contributed by atoms with Crippen LogP contribution in [-0.4, -0.2) is 46.4 Å². The number of hydrogen-bond acceptors (Lipinski definition) is 6. The molecule has 0 aliphatic carbocycles. The first-order valence-electron chi connectivity index (χ1n) is 9.63. The van der Waals surface area contributed by atoms with Crippen LogP contribution in [0.1, 0.15) is 35.9 Å². The van der Waals surface area contributed by atoms with E-state index in [4.69, 9.17) is 9.72 Å². The molecule has 2 aromatic heterocycles. The van der Waals surface area contributed by atoms with Crippen LogP contribution in [0.5, 0.6) is 5.75 Å². The van der Waals surface area contributed by atoms with E-state index in [1.165, 1.54) is 0 Å². The van der Waals surface area contributed by atoms with E-state index in [1.54, 1.807) is 16.0 Å². The third-order valence-electron chi connectivity index (χ3n) is 5.03. The summed E-state index contributed by atoms with van der Waals surface area (Å²) in [5.74, 6) is 0.765. The maximum absolute atomic E-state index is 12.5. The highest BCUT2D eigenvalue weighted by atomic mass is 32.1. The number of anilines is 1. The van der Waals surface area contributed by atoms with Crippen LogP contribution >= 0.6 is 11.3 Å². The Morgan fingerprint density at radius 1 is 1.39 bits per heavy atom. The average molecular weight is 400 g/mol. The predicted molar refractivity (Wildman–Crippen MR) is 111 cm³/mol. The summed E-state index contributed by atoms with van der Waals surface area (Å²) in [4.78, 5) is 19.6. The molecule has 8 heteroatoms. The first kappa shape index (κ1) is 18.7. The Kier molecular flexibility index (Phi) is 5.21. The lowest BCUT2D eigenvalue weighted by molar-refractivity contribution is 0.0927. The van der Waals surface area contributed by atoms with E-state index in [0.29, 0.717) is 12.3 Å². The molecule has 1 fully saturated rings. The monoisotopic (exact) mass is 399 g/mol. The van der Waals surface area contributed by atoms with E-state index in [9.17, 15) is 4.79 Å². The molecule has 7 nitrogen and oxygen atoms in total. The zero-order valence-corrected chi connectivity index (χ0v) is 17.3. The van der Waals surface area contributed by atoms with Crippen LogP contribution in [0, 0.1) is 6.92 Å². The highest BCUT2D eigenvalue weighted by Gasteiger charge is 2.25. The molecule has 3 heterocycles. The number of piperidine rings is 1. The van der Waals surface area contributed by atoms with Gasteiger partial charge < -0.3 is 15.0 Å². The Morgan fingerprint density at radius 2 is 2.25 bits per heavy atom. The second kappa shape index (κ2) is 7.79. The van der Waals surface area contributed by atoms with Crippen LogP contribution in [0.15, 0.2) is 24.3 Å². The number of carbonyl (C=O) groups is 1. The SMILES string of the molecule is CCOc1ccc2nc(N3CCCC(NC(=O)c4cc(C)n(C)n4)C3)sc2c1. The van der Waals surface area contributed by atoms with Gasteiger partial charge in [-0.2, -0.15) is 5.10 Å². The fraction of sp³-hybridized carbons (Fsp3) is 0.450. The average Bonchev–Trinajstić information content (AvgIpc) is 3.25. The molecule has 1 aliphatic heterocycles. The van der Waals surface area contributed by atoms with E-state index in [2.05, 4.69) is 15.3 Å². The van der Waals surface area contributed by atoms with Crippen molar-refractivity contribution in [2.45, 2.75) is 32.7 Å². The van der Waals surface area contributed by atoms with Crippen molar-refractivity contribution in [1.29, 1.82) is 0 Å². The van der Waals surface area contributed by atoms with Crippen LogP contribution in [0.4, 0.5) is 5.13 Å². The Balaban J connectivity index is 1.46. The topological polar surface area (TPSA) is 72.3 Å². The van der Waals surface area contributed by atoms with Crippen molar-refractivity contribution in [2.75, 3.05) is 24.6 Å². The molecule has 1 amide bonds. The molecule has 1 unspecified atom stereocenters. The maximum atomic E-state index is 12.5. The molecule has 0 radical (unpaired) electrons. The zero-order chi connectivity index (χ0) is 19.7. The number of fused-ring (bicyclic) bond motifs is 1. The van der Waals surface area contributed by atoms with Gasteiger partial charge in [-0.25, -0.2) is 4.98 Å². The first-order chi connectivity index (χ1) is 13.5. The van der Waals surface area contributed by atoms with Gasteiger partial charge in [0.1, 0.15) is 11.4 Å². The second-order valence-electron chi connectivity index (χ2n) is 7.11. The number of aryl methyl sites for hydroxylation is 2. The Labute approximate surface area is 168 Å². The molecule has 28 heavy (non-hydrogen) atoms.